The molecule has 0 bridgehead atoms. The van der Waals surface area contributed by atoms with E-state index < -0.39 is 16.1 Å². The average molecular weight is 481 g/mol. The molecule has 2 amide bonds. The summed E-state index contributed by atoms with van der Waals surface area (Å²) in [5, 5.41) is 2.56. The van der Waals surface area contributed by atoms with Crippen LogP contribution < -0.4 is 19.5 Å². The Labute approximate surface area is 200 Å². The minimum atomic E-state index is -3.95. The smallest absolute Gasteiger partial charge is 0.333 e. The first-order valence-corrected chi connectivity index (χ1v) is 12.4. The van der Waals surface area contributed by atoms with E-state index in [1.165, 1.54) is 12.1 Å². The van der Waals surface area contributed by atoms with Gasteiger partial charge in [-0.15, -0.1) is 0 Å². The molecule has 0 aliphatic rings. The van der Waals surface area contributed by atoms with Crippen LogP contribution in [0.5, 0.6) is 11.5 Å². The van der Waals surface area contributed by atoms with Gasteiger partial charge in [-0.1, -0.05) is 49.4 Å². The number of benzene rings is 3. The Morgan fingerprint density at radius 1 is 0.912 bits per heavy atom. The van der Waals surface area contributed by atoms with Gasteiger partial charge < -0.3 is 14.8 Å². The average Bonchev–Trinajstić information content (AvgIpc) is 2.83. The highest BCUT2D eigenvalue weighted by atomic mass is 32.2. The van der Waals surface area contributed by atoms with Gasteiger partial charge in [0.25, 0.3) is 10.0 Å². The monoisotopic (exact) mass is 480 g/mol. The molecule has 0 saturated heterocycles. The molecule has 3 rings (SSSR count). The van der Waals surface area contributed by atoms with Crippen molar-refractivity contribution in [3.63, 3.8) is 0 Å². The number of carbonyl (C=O) groups excluding carboxylic acids is 1. The number of urea groups is 1. The molecule has 0 unspecified atom stereocenters. The standard InChI is InChI=1S/C26H28N2O5S/c1-4-9-23(20-14-17-24(32-3)25(18-20)33-5-2)19-12-15-21(16-13-19)27-26(29)28-34(30,31)22-10-7-6-8-11-22/h6-18H,4-5H2,1-3H3,(H2,27,28,29)/b23-9-. The fourth-order valence-electron chi connectivity index (χ4n) is 3.39. The summed E-state index contributed by atoms with van der Waals surface area (Å²) < 4.78 is 37.8. The lowest BCUT2D eigenvalue weighted by Gasteiger charge is -2.14. The third-order valence-electron chi connectivity index (χ3n) is 4.92. The van der Waals surface area contributed by atoms with Crippen molar-refractivity contribution in [1.29, 1.82) is 0 Å². The van der Waals surface area contributed by atoms with E-state index in [2.05, 4.69) is 18.3 Å². The van der Waals surface area contributed by atoms with Crippen LogP contribution in [0.25, 0.3) is 5.57 Å². The molecule has 0 aromatic heterocycles. The zero-order valence-electron chi connectivity index (χ0n) is 19.4. The van der Waals surface area contributed by atoms with Crippen LogP contribution in [0.15, 0.2) is 83.8 Å². The molecule has 0 aliphatic carbocycles. The lowest BCUT2D eigenvalue weighted by molar-refractivity contribution is 0.256. The van der Waals surface area contributed by atoms with Gasteiger partial charge in [0.15, 0.2) is 11.5 Å². The Bertz CT molecular complexity index is 1250. The van der Waals surface area contributed by atoms with Gasteiger partial charge in [0.2, 0.25) is 0 Å². The van der Waals surface area contributed by atoms with Crippen LogP contribution in [0.2, 0.25) is 0 Å². The van der Waals surface area contributed by atoms with Gasteiger partial charge in [-0.25, -0.2) is 17.9 Å². The van der Waals surface area contributed by atoms with Gasteiger partial charge in [0, 0.05) is 5.69 Å². The summed E-state index contributed by atoms with van der Waals surface area (Å²) in [6, 6.07) is 19.8. The topological polar surface area (TPSA) is 93.7 Å². The van der Waals surface area contributed by atoms with Crippen LogP contribution in [0.3, 0.4) is 0 Å². The molecule has 178 valence electrons. The highest BCUT2D eigenvalue weighted by Crippen LogP contribution is 2.33. The number of hydrogen-bond donors (Lipinski definition) is 2. The number of anilines is 1. The lowest BCUT2D eigenvalue weighted by Crippen LogP contribution is -2.34. The molecule has 3 aromatic rings. The first-order valence-electron chi connectivity index (χ1n) is 10.9. The van der Waals surface area contributed by atoms with Crippen molar-refractivity contribution in [3.05, 3.63) is 90.0 Å². The highest BCUT2D eigenvalue weighted by Gasteiger charge is 2.17. The van der Waals surface area contributed by atoms with Crippen molar-refractivity contribution >= 4 is 27.3 Å². The number of hydrogen-bond acceptors (Lipinski definition) is 5. The molecule has 7 nitrogen and oxygen atoms in total. The summed E-state index contributed by atoms with van der Waals surface area (Å²) in [4.78, 5) is 12.3. The Hall–Kier alpha value is -3.78. The van der Waals surface area contributed by atoms with Crippen molar-refractivity contribution in [2.75, 3.05) is 19.0 Å². The quantitative estimate of drug-likeness (QED) is 0.425. The minimum absolute atomic E-state index is 0.0146. The number of allylic oxidation sites excluding steroid dienone is 1. The van der Waals surface area contributed by atoms with E-state index in [1.807, 2.05) is 42.0 Å². The number of methoxy groups -OCH3 is 1. The summed E-state index contributed by atoms with van der Waals surface area (Å²) in [6.45, 7) is 4.50. The molecule has 0 heterocycles. The molecule has 3 aromatic carbocycles. The maximum absolute atomic E-state index is 12.3. The number of ether oxygens (including phenoxy) is 2. The molecule has 34 heavy (non-hydrogen) atoms. The Kier molecular flexibility index (Phi) is 8.32. The number of sulfonamides is 1. The van der Waals surface area contributed by atoms with Crippen molar-refractivity contribution in [3.8, 4) is 11.5 Å². The van der Waals surface area contributed by atoms with Crippen LogP contribution in [0, 0.1) is 0 Å². The van der Waals surface area contributed by atoms with E-state index in [1.54, 1.807) is 37.4 Å². The van der Waals surface area contributed by atoms with Crippen molar-refractivity contribution in [1.82, 2.24) is 4.72 Å². The molecule has 0 atom stereocenters. The predicted octanol–water partition coefficient (Wildman–Crippen LogP) is 5.45. The molecule has 0 fully saturated rings. The maximum Gasteiger partial charge on any atom is 0.333 e. The summed E-state index contributed by atoms with van der Waals surface area (Å²) in [7, 11) is -2.35. The second-order valence-electron chi connectivity index (χ2n) is 7.27. The maximum atomic E-state index is 12.3. The molecule has 8 heteroatoms. The summed E-state index contributed by atoms with van der Waals surface area (Å²) in [6.07, 6.45) is 2.93. The Morgan fingerprint density at radius 2 is 1.59 bits per heavy atom. The van der Waals surface area contributed by atoms with Gasteiger partial charge in [0.1, 0.15) is 0 Å². The fraction of sp³-hybridized carbons (Fsp3) is 0.192. The first kappa shape index (κ1) is 24.9. The van der Waals surface area contributed by atoms with Gasteiger partial charge in [0.05, 0.1) is 18.6 Å². The third-order valence-corrected chi connectivity index (χ3v) is 6.26. The first-order chi connectivity index (χ1) is 16.4. The van der Waals surface area contributed by atoms with E-state index in [0.717, 1.165) is 23.1 Å². The SMILES string of the molecule is CC/C=C(/c1ccc(NC(=O)NS(=O)(=O)c2ccccc2)cc1)c1ccc(OC)c(OCC)c1. The molecule has 0 spiro atoms. The summed E-state index contributed by atoms with van der Waals surface area (Å²) in [5.74, 6) is 1.33. The van der Waals surface area contributed by atoms with Crippen LogP contribution in [-0.4, -0.2) is 28.2 Å². The van der Waals surface area contributed by atoms with Crippen molar-refractivity contribution in [2.24, 2.45) is 0 Å². The van der Waals surface area contributed by atoms with Crippen LogP contribution >= 0.6 is 0 Å². The zero-order chi connectivity index (χ0) is 24.6. The molecular weight excluding hydrogens is 452 g/mol. The molecule has 0 radical (unpaired) electrons. The molecule has 0 saturated carbocycles. The fourth-order valence-corrected chi connectivity index (χ4v) is 4.32. The summed E-state index contributed by atoms with van der Waals surface area (Å²) >= 11 is 0. The van der Waals surface area contributed by atoms with Crippen LogP contribution in [0.1, 0.15) is 31.4 Å². The zero-order valence-corrected chi connectivity index (χ0v) is 20.2. The van der Waals surface area contributed by atoms with Gasteiger partial charge >= 0.3 is 6.03 Å². The van der Waals surface area contributed by atoms with Gasteiger partial charge in [-0.2, -0.15) is 0 Å². The predicted molar refractivity (Wildman–Crippen MR) is 134 cm³/mol. The van der Waals surface area contributed by atoms with Gasteiger partial charge in [-0.3, -0.25) is 0 Å². The van der Waals surface area contributed by atoms with Gasteiger partial charge in [-0.05, 0) is 66.4 Å². The second-order valence-corrected chi connectivity index (χ2v) is 8.96. The largest absolute Gasteiger partial charge is 0.493 e. The normalized spacial score (nSPS) is 11.6. The van der Waals surface area contributed by atoms with E-state index in [-0.39, 0.29) is 4.90 Å². The molecular formula is C26H28N2O5S. The minimum Gasteiger partial charge on any atom is -0.493 e. The van der Waals surface area contributed by atoms with Crippen molar-refractivity contribution < 1.29 is 22.7 Å². The Morgan fingerprint density at radius 3 is 2.21 bits per heavy atom. The van der Waals surface area contributed by atoms with E-state index in [9.17, 15) is 13.2 Å². The van der Waals surface area contributed by atoms with Crippen LogP contribution in [0.4, 0.5) is 10.5 Å². The third kappa shape index (κ3) is 6.17. The van der Waals surface area contributed by atoms with E-state index >= 15 is 0 Å². The van der Waals surface area contributed by atoms with E-state index in [4.69, 9.17) is 9.47 Å². The van der Waals surface area contributed by atoms with E-state index in [0.29, 0.717) is 23.8 Å². The number of carbonyl (C=O) groups is 1. The second kappa shape index (κ2) is 11.4. The number of amides is 2. The molecule has 0 aliphatic heterocycles. The number of nitrogens with one attached hydrogen (secondary N) is 2. The molecule has 2 N–H and O–H groups in total. The highest BCUT2D eigenvalue weighted by molar-refractivity contribution is 7.90. The summed E-state index contributed by atoms with van der Waals surface area (Å²) in [5.41, 5.74) is 3.38. The van der Waals surface area contributed by atoms with Crippen molar-refractivity contribution in [2.45, 2.75) is 25.2 Å². The van der Waals surface area contributed by atoms with Crippen LogP contribution in [-0.2, 0) is 10.0 Å². The number of rotatable bonds is 9. The lowest BCUT2D eigenvalue weighted by atomic mass is 9.96. The Balaban J connectivity index is 1.77.